The minimum absolute atomic E-state index is 0.719. The molecule has 2 N–H and O–H groups in total. The van der Waals surface area contributed by atoms with Gasteiger partial charge in [-0.05, 0) is 49.1 Å². The van der Waals surface area contributed by atoms with Gasteiger partial charge in [0.15, 0.2) is 0 Å². The topological polar surface area (TPSA) is 62.2 Å². The van der Waals surface area contributed by atoms with E-state index in [9.17, 15) is 0 Å². The molecule has 1 fully saturated rings. The molecule has 1 atom stereocenters. The van der Waals surface area contributed by atoms with Crippen molar-refractivity contribution >= 4 is 5.97 Å². The number of rotatable bonds is 4. The summed E-state index contributed by atoms with van der Waals surface area (Å²) in [5.41, 5.74) is 3.89. The molecule has 0 aliphatic carbocycles. The summed E-state index contributed by atoms with van der Waals surface area (Å²) in [5.74, 6) is -0.833. The summed E-state index contributed by atoms with van der Waals surface area (Å²) in [6, 6.07) is 27.9. The van der Waals surface area contributed by atoms with Crippen LogP contribution >= 0.6 is 0 Å². The van der Waals surface area contributed by atoms with Gasteiger partial charge in [-0.1, -0.05) is 73.2 Å². The number of nitrogens with zero attached hydrogens (tertiary/aromatic N) is 1. The molecule has 1 unspecified atom stereocenters. The van der Waals surface area contributed by atoms with Gasteiger partial charge in [-0.15, -0.1) is 0 Å². The summed E-state index contributed by atoms with van der Waals surface area (Å²) in [4.78, 5) is 13.3. The number of piperidine rings is 1. The first-order valence-corrected chi connectivity index (χ1v) is 10.5. The average molecular weight is 405 g/mol. The molecule has 0 saturated carbocycles. The van der Waals surface area contributed by atoms with E-state index in [1.807, 2.05) is 30.5 Å². The molecule has 1 saturated heterocycles. The van der Waals surface area contributed by atoms with E-state index in [0.29, 0.717) is 0 Å². The molecule has 0 bridgehead atoms. The van der Waals surface area contributed by atoms with E-state index in [2.05, 4.69) is 64.9 Å². The van der Waals surface area contributed by atoms with Crippen LogP contribution in [0.4, 0.5) is 0 Å². The van der Waals surface area contributed by atoms with E-state index < -0.39 is 5.97 Å². The molecule has 158 valence electrons. The lowest BCUT2D eigenvalue weighted by Gasteiger charge is -2.23. The Morgan fingerprint density at radius 1 is 0.933 bits per heavy atom. The van der Waals surface area contributed by atoms with E-state index in [0.717, 1.165) is 25.1 Å². The molecule has 0 amide bonds. The molecule has 3 aromatic rings. The summed E-state index contributed by atoms with van der Waals surface area (Å²) in [6.07, 6.45) is 8.03. The zero-order valence-corrected chi connectivity index (χ0v) is 17.7. The quantitative estimate of drug-likeness (QED) is 0.632. The van der Waals surface area contributed by atoms with E-state index in [1.54, 1.807) is 0 Å². The van der Waals surface area contributed by atoms with Crippen molar-refractivity contribution in [1.29, 1.82) is 0 Å². The molecule has 2 heterocycles. The van der Waals surface area contributed by atoms with Crippen LogP contribution in [-0.2, 0) is 17.6 Å². The molecule has 1 aliphatic heterocycles. The fourth-order valence-corrected chi connectivity index (χ4v) is 3.30. The highest BCUT2D eigenvalue weighted by atomic mass is 16.4. The number of nitrogens with one attached hydrogen (secondary N) is 1. The monoisotopic (exact) mass is 404 g/mol. The molecule has 4 heteroatoms. The predicted octanol–water partition coefficient (Wildman–Crippen LogP) is 5.13. The number of hydrogen-bond acceptors (Lipinski definition) is 3. The van der Waals surface area contributed by atoms with Gasteiger partial charge in [0, 0.05) is 31.3 Å². The van der Waals surface area contributed by atoms with Gasteiger partial charge >= 0.3 is 0 Å². The minimum atomic E-state index is -0.833. The second-order valence-corrected chi connectivity index (χ2v) is 7.34. The second kappa shape index (κ2) is 14.1. The summed E-state index contributed by atoms with van der Waals surface area (Å²) in [5, 5.41) is 11.0. The van der Waals surface area contributed by atoms with Crippen molar-refractivity contribution in [2.45, 2.75) is 45.1 Å². The van der Waals surface area contributed by atoms with Crippen molar-refractivity contribution in [2.24, 2.45) is 0 Å². The minimum Gasteiger partial charge on any atom is -0.481 e. The van der Waals surface area contributed by atoms with Crippen LogP contribution in [0.15, 0.2) is 85.1 Å². The van der Waals surface area contributed by atoms with Crippen molar-refractivity contribution in [3.8, 4) is 0 Å². The number of aliphatic carboxylic acids is 1. The summed E-state index contributed by atoms with van der Waals surface area (Å²) >= 11 is 0. The third kappa shape index (κ3) is 10.5. The van der Waals surface area contributed by atoms with Crippen molar-refractivity contribution in [3.63, 3.8) is 0 Å². The maximum absolute atomic E-state index is 9.00. The van der Waals surface area contributed by atoms with Crippen LogP contribution in [0, 0.1) is 0 Å². The SMILES string of the molecule is CC(=O)O.c1ccc(CC2CCCCN2)cc1.c1ccc(Cc2ccccn2)cc1. The van der Waals surface area contributed by atoms with Crippen molar-refractivity contribution in [2.75, 3.05) is 6.54 Å². The van der Waals surface area contributed by atoms with Gasteiger partial charge in [-0.3, -0.25) is 9.78 Å². The predicted molar refractivity (Wildman–Crippen MR) is 123 cm³/mol. The maximum Gasteiger partial charge on any atom is 0.300 e. The molecule has 30 heavy (non-hydrogen) atoms. The highest BCUT2D eigenvalue weighted by Gasteiger charge is 2.12. The number of carbonyl (C=O) groups is 1. The van der Waals surface area contributed by atoms with Gasteiger partial charge in [0.25, 0.3) is 5.97 Å². The van der Waals surface area contributed by atoms with Gasteiger partial charge in [-0.2, -0.15) is 0 Å². The van der Waals surface area contributed by atoms with Crippen LogP contribution in [0.3, 0.4) is 0 Å². The van der Waals surface area contributed by atoms with E-state index >= 15 is 0 Å². The zero-order valence-electron chi connectivity index (χ0n) is 17.7. The Morgan fingerprint density at radius 3 is 2.07 bits per heavy atom. The van der Waals surface area contributed by atoms with E-state index in [1.165, 1.54) is 43.4 Å². The Kier molecular flexibility index (Phi) is 10.9. The van der Waals surface area contributed by atoms with Crippen molar-refractivity contribution in [3.05, 3.63) is 102 Å². The Morgan fingerprint density at radius 2 is 1.53 bits per heavy atom. The first-order valence-electron chi connectivity index (χ1n) is 10.5. The first kappa shape index (κ1) is 23.3. The largest absolute Gasteiger partial charge is 0.481 e. The van der Waals surface area contributed by atoms with Crippen LogP contribution in [-0.4, -0.2) is 28.6 Å². The van der Waals surface area contributed by atoms with Crippen LogP contribution in [0.5, 0.6) is 0 Å². The number of aromatic nitrogens is 1. The van der Waals surface area contributed by atoms with Crippen LogP contribution in [0.2, 0.25) is 0 Å². The van der Waals surface area contributed by atoms with Crippen LogP contribution < -0.4 is 5.32 Å². The van der Waals surface area contributed by atoms with E-state index in [-0.39, 0.29) is 0 Å². The van der Waals surface area contributed by atoms with E-state index in [4.69, 9.17) is 9.90 Å². The molecule has 1 aliphatic rings. The smallest absolute Gasteiger partial charge is 0.300 e. The Balaban J connectivity index is 0.000000182. The third-order valence-corrected chi connectivity index (χ3v) is 4.69. The number of benzene rings is 2. The number of hydrogen-bond donors (Lipinski definition) is 2. The van der Waals surface area contributed by atoms with Gasteiger partial charge in [0.2, 0.25) is 0 Å². The summed E-state index contributed by atoms with van der Waals surface area (Å²) in [7, 11) is 0. The highest BCUT2D eigenvalue weighted by Crippen LogP contribution is 2.12. The Bertz CT molecular complexity index is 776. The molecule has 0 radical (unpaired) electrons. The Hall–Kier alpha value is -2.98. The lowest BCUT2D eigenvalue weighted by atomic mass is 9.98. The first-order chi connectivity index (χ1) is 14.6. The molecule has 2 aromatic carbocycles. The average Bonchev–Trinajstić information content (AvgIpc) is 2.77. The maximum atomic E-state index is 9.00. The molecule has 4 nitrogen and oxygen atoms in total. The normalized spacial score (nSPS) is 15.0. The fraction of sp³-hybridized carbons (Fsp3) is 0.308. The fourth-order valence-electron chi connectivity index (χ4n) is 3.30. The lowest BCUT2D eigenvalue weighted by molar-refractivity contribution is -0.134. The molecule has 0 spiro atoms. The Labute approximate surface area is 180 Å². The van der Waals surface area contributed by atoms with Crippen LogP contribution in [0.1, 0.15) is 43.0 Å². The summed E-state index contributed by atoms with van der Waals surface area (Å²) < 4.78 is 0. The van der Waals surface area contributed by atoms with Gasteiger partial charge < -0.3 is 10.4 Å². The van der Waals surface area contributed by atoms with Crippen LogP contribution in [0.25, 0.3) is 0 Å². The highest BCUT2D eigenvalue weighted by molar-refractivity contribution is 5.62. The van der Waals surface area contributed by atoms with Gasteiger partial charge in [0.1, 0.15) is 0 Å². The standard InChI is InChI=1S/C12H17N.C12H11N.C2H4O2/c2*1-2-6-11(7-3-1)10-12-8-4-5-9-13-12;1-2(3)4/h1-3,6-7,12-13H,4-5,8-10H2;1-9H,10H2;1H3,(H,3,4). The number of carboxylic acid groups (broad SMARTS) is 1. The molecular formula is C26H32N2O2. The number of pyridine rings is 1. The second-order valence-electron chi connectivity index (χ2n) is 7.34. The van der Waals surface area contributed by atoms with Crippen molar-refractivity contribution < 1.29 is 9.90 Å². The van der Waals surface area contributed by atoms with Gasteiger partial charge in [-0.25, -0.2) is 0 Å². The van der Waals surface area contributed by atoms with Crippen molar-refractivity contribution in [1.82, 2.24) is 10.3 Å². The number of carboxylic acids is 1. The lowest BCUT2D eigenvalue weighted by Crippen LogP contribution is -2.35. The zero-order chi connectivity index (χ0) is 21.4. The molecule has 4 rings (SSSR count). The molecule has 1 aromatic heterocycles. The summed E-state index contributed by atoms with van der Waals surface area (Å²) in [6.45, 7) is 2.29. The third-order valence-electron chi connectivity index (χ3n) is 4.69. The van der Waals surface area contributed by atoms with Gasteiger partial charge in [0.05, 0.1) is 0 Å². The molecular weight excluding hydrogens is 372 g/mol.